The molecule has 160 valence electrons. The molecule has 0 aromatic heterocycles. The lowest BCUT2D eigenvalue weighted by Gasteiger charge is -2.22. The van der Waals surface area contributed by atoms with Crippen LogP contribution in [0.2, 0.25) is 0 Å². The van der Waals surface area contributed by atoms with Crippen LogP contribution in [-0.4, -0.2) is 64.5 Å². The Morgan fingerprint density at radius 1 is 0.931 bits per heavy atom. The fraction of sp³-hybridized carbons (Fsp3) is 0.444. The van der Waals surface area contributed by atoms with Gasteiger partial charge in [-0.25, -0.2) is 4.79 Å². The van der Waals surface area contributed by atoms with Gasteiger partial charge in [-0.1, -0.05) is 30.3 Å². The highest BCUT2D eigenvalue weighted by Crippen LogP contribution is 2.02. The van der Waals surface area contributed by atoms with E-state index in [1.54, 1.807) is 0 Å². The molecule has 1 aromatic rings. The maximum absolute atomic E-state index is 12.3. The monoisotopic (exact) mass is 442 g/mol. The Morgan fingerprint density at radius 3 is 2.00 bits per heavy atom. The fourth-order valence-electron chi connectivity index (χ4n) is 2.30. The number of thiol groups is 2. The van der Waals surface area contributed by atoms with Crippen molar-refractivity contribution < 1.29 is 24.3 Å². The summed E-state index contributed by atoms with van der Waals surface area (Å²) in [5, 5.41) is 16.2. The van der Waals surface area contributed by atoms with Crippen LogP contribution in [-0.2, 0) is 25.6 Å². The predicted molar refractivity (Wildman–Crippen MR) is 115 cm³/mol. The normalized spacial score (nSPS) is 14.8. The molecule has 4 atom stereocenters. The number of benzene rings is 1. The van der Waals surface area contributed by atoms with Crippen LogP contribution in [0.25, 0.3) is 0 Å². The second-order valence-electron chi connectivity index (χ2n) is 6.35. The van der Waals surface area contributed by atoms with Gasteiger partial charge in [0.25, 0.3) is 0 Å². The van der Waals surface area contributed by atoms with Gasteiger partial charge >= 0.3 is 5.97 Å². The van der Waals surface area contributed by atoms with Crippen molar-refractivity contribution in [1.29, 1.82) is 0 Å². The molecule has 0 saturated heterocycles. The average molecular weight is 443 g/mol. The Kier molecular flexibility index (Phi) is 10.6. The Bertz CT molecular complexity index is 719. The molecule has 0 spiro atoms. The van der Waals surface area contributed by atoms with E-state index in [0.29, 0.717) is 6.42 Å². The van der Waals surface area contributed by atoms with Gasteiger partial charge in [-0.2, -0.15) is 25.3 Å². The summed E-state index contributed by atoms with van der Waals surface area (Å²) in [7, 11) is 0. The van der Waals surface area contributed by atoms with Crippen molar-refractivity contribution in [2.24, 2.45) is 5.73 Å². The van der Waals surface area contributed by atoms with Gasteiger partial charge in [-0.05, 0) is 18.9 Å². The Morgan fingerprint density at radius 2 is 1.48 bits per heavy atom. The lowest BCUT2D eigenvalue weighted by molar-refractivity contribution is -0.141. The van der Waals surface area contributed by atoms with Crippen LogP contribution in [0.3, 0.4) is 0 Å². The third-order valence-electron chi connectivity index (χ3n) is 4.00. The molecule has 1 aromatic carbocycles. The van der Waals surface area contributed by atoms with Gasteiger partial charge in [0, 0.05) is 11.5 Å². The van der Waals surface area contributed by atoms with Crippen molar-refractivity contribution >= 4 is 48.9 Å². The molecular formula is C18H26N4O5S2. The number of hydrogen-bond acceptors (Lipinski definition) is 7. The standard InChI is InChI=1S/C18H26N4O5S2/c1-10(20-16(24)12(19)7-11-5-3-2-4-6-11)15(23)21-13(8-28)17(25)22-14(9-29)18(26)27/h2-6,10,12-14,28-29H,7-9,19H2,1H3,(H,20,24)(H,21,23)(H,22,25)(H,26,27). The highest BCUT2D eigenvalue weighted by Gasteiger charge is 2.27. The molecule has 9 nitrogen and oxygen atoms in total. The van der Waals surface area contributed by atoms with Crippen LogP contribution in [0.1, 0.15) is 12.5 Å². The van der Waals surface area contributed by atoms with Gasteiger partial charge in [0.15, 0.2) is 0 Å². The number of rotatable bonds is 11. The minimum absolute atomic E-state index is 0.0648. The van der Waals surface area contributed by atoms with Crippen LogP contribution in [0.4, 0.5) is 0 Å². The highest BCUT2D eigenvalue weighted by molar-refractivity contribution is 7.80. The van der Waals surface area contributed by atoms with E-state index in [0.717, 1.165) is 5.56 Å². The van der Waals surface area contributed by atoms with Gasteiger partial charge in [-0.15, -0.1) is 0 Å². The zero-order valence-corrected chi connectivity index (χ0v) is 17.7. The van der Waals surface area contributed by atoms with Crippen molar-refractivity contribution in [2.75, 3.05) is 11.5 Å². The highest BCUT2D eigenvalue weighted by atomic mass is 32.1. The van der Waals surface area contributed by atoms with Gasteiger partial charge in [0.2, 0.25) is 17.7 Å². The Balaban J connectivity index is 2.59. The van der Waals surface area contributed by atoms with Gasteiger partial charge < -0.3 is 26.8 Å². The first-order valence-corrected chi connectivity index (χ1v) is 10.1. The molecule has 0 radical (unpaired) electrons. The summed E-state index contributed by atoms with van der Waals surface area (Å²) in [6.07, 6.45) is 0.309. The quantitative estimate of drug-likeness (QED) is 0.218. The number of amides is 3. The van der Waals surface area contributed by atoms with Gasteiger partial charge in [0.1, 0.15) is 18.1 Å². The first kappa shape index (κ1) is 24.8. The molecule has 3 amide bonds. The van der Waals surface area contributed by atoms with E-state index >= 15 is 0 Å². The number of nitrogens with one attached hydrogen (secondary N) is 3. The lowest BCUT2D eigenvalue weighted by atomic mass is 10.1. The van der Waals surface area contributed by atoms with Gasteiger partial charge in [-0.3, -0.25) is 14.4 Å². The number of carbonyl (C=O) groups excluding carboxylic acids is 3. The smallest absolute Gasteiger partial charge is 0.327 e. The van der Waals surface area contributed by atoms with Crippen molar-refractivity contribution in [3.63, 3.8) is 0 Å². The second-order valence-corrected chi connectivity index (χ2v) is 7.08. The maximum Gasteiger partial charge on any atom is 0.327 e. The van der Waals surface area contributed by atoms with Crippen LogP contribution >= 0.6 is 25.3 Å². The molecule has 0 aliphatic carbocycles. The topological polar surface area (TPSA) is 151 Å². The van der Waals surface area contributed by atoms with Crippen LogP contribution in [0.15, 0.2) is 30.3 Å². The van der Waals surface area contributed by atoms with E-state index in [2.05, 4.69) is 41.2 Å². The summed E-state index contributed by atoms with van der Waals surface area (Å²) in [6.45, 7) is 1.45. The number of nitrogens with two attached hydrogens (primary N) is 1. The minimum Gasteiger partial charge on any atom is -0.480 e. The molecule has 4 unspecified atom stereocenters. The molecule has 29 heavy (non-hydrogen) atoms. The number of hydrogen-bond donors (Lipinski definition) is 7. The van der Waals surface area contributed by atoms with Crippen LogP contribution < -0.4 is 21.7 Å². The second kappa shape index (κ2) is 12.3. The van der Waals surface area contributed by atoms with E-state index < -0.39 is 47.9 Å². The molecule has 0 saturated carbocycles. The summed E-state index contributed by atoms with van der Waals surface area (Å²) >= 11 is 7.87. The number of carboxylic acid groups (broad SMARTS) is 1. The van der Waals surface area contributed by atoms with Gasteiger partial charge in [0.05, 0.1) is 6.04 Å². The molecule has 6 N–H and O–H groups in total. The molecule has 0 aliphatic rings. The number of carbonyl (C=O) groups is 4. The summed E-state index contributed by atoms with van der Waals surface area (Å²) in [4.78, 5) is 47.7. The molecule has 0 aliphatic heterocycles. The minimum atomic E-state index is -1.24. The lowest BCUT2D eigenvalue weighted by Crippen LogP contribution is -2.57. The van der Waals surface area contributed by atoms with Crippen molar-refractivity contribution in [3.05, 3.63) is 35.9 Å². The summed E-state index contributed by atoms with van der Waals surface area (Å²) in [5.41, 5.74) is 6.77. The van der Waals surface area contributed by atoms with Crippen molar-refractivity contribution in [1.82, 2.24) is 16.0 Å². The largest absolute Gasteiger partial charge is 0.480 e. The summed E-state index contributed by atoms with van der Waals surface area (Å²) < 4.78 is 0. The first-order chi connectivity index (χ1) is 13.7. The molecule has 11 heteroatoms. The van der Waals surface area contributed by atoms with E-state index in [1.807, 2.05) is 30.3 Å². The molecule has 1 rings (SSSR count). The summed E-state index contributed by atoms with van der Waals surface area (Å²) in [6, 6.07) is 5.13. The first-order valence-electron chi connectivity index (χ1n) is 8.84. The Labute approximate surface area is 180 Å². The fourth-order valence-corrected chi connectivity index (χ4v) is 2.80. The molecule has 0 fully saturated rings. The molecule has 0 bridgehead atoms. The molecular weight excluding hydrogens is 416 g/mol. The zero-order chi connectivity index (χ0) is 22.0. The third-order valence-corrected chi connectivity index (χ3v) is 4.73. The summed E-state index contributed by atoms with van der Waals surface area (Å²) in [5.74, 6) is -3.27. The van der Waals surface area contributed by atoms with Crippen LogP contribution in [0, 0.1) is 0 Å². The number of aliphatic carboxylic acids is 1. The average Bonchev–Trinajstić information content (AvgIpc) is 2.69. The van der Waals surface area contributed by atoms with E-state index in [1.165, 1.54) is 6.92 Å². The number of carboxylic acids is 1. The van der Waals surface area contributed by atoms with Crippen molar-refractivity contribution in [3.8, 4) is 0 Å². The van der Waals surface area contributed by atoms with E-state index in [9.17, 15) is 19.2 Å². The van der Waals surface area contributed by atoms with E-state index in [-0.39, 0.29) is 11.5 Å². The Hall–Kier alpha value is -2.24. The predicted octanol–water partition coefficient (Wildman–Crippen LogP) is -1.03. The van der Waals surface area contributed by atoms with Crippen LogP contribution in [0.5, 0.6) is 0 Å². The SMILES string of the molecule is CC(NC(=O)C(N)Cc1ccccc1)C(=O)NC(CS)C(=O)NC(CS)C(=O)O. The van der Waals surface area contributed by atoms with E-state index in [4.69, 9.17) is 10.8 Å². The third kappa shape index (κ3) is 8.34. The van der Waals surface area contributed by atoms with Crippen molar-refractivity contribution in [2.45, 2.75) is 37.5 Å². The maximum atomic E-state index is 12.3. The zero-order valence-electron chi connectivity index (χ0n) is 15.9. The molecule has 0 heterocycles.